The second kappa shape index (κ2) is 7.50. The molecule has 3 atom stereocenters. The molecule has 0 spiro atoms. The van der Waals surface area contributed by atoms with Crippen molar-refractivity contribution in [2.45, 2.75) is 26.4 Å². The Morgan fingerprint density at radius 2 is 2.09 bits per heavy atom. The van der Waals surface area contributed by atoms with Gasteiger partial charge in [0, 0.05) is 24.3 Å². The van der Waals surface area contributed by atoms with Crippen molar-refractivity contribution in [2.75, 3.05) is 23.3 Å². The van der Waals surface area contributed by atoms with E-state index in [1.54, 1.807) is 13.3 Å². The summed E-state index contributed by atoms with van der Waals surface area (Å²) < 4.78 is 1.94. The van der Waals surface area contributed by atoms with Gasteiger partial charge in [0.15, 0.2) is 5.82 Å². The van der Waals surface area contributed by atoms with Gasteiger partial charge in [0.25, 0.3) is 0 Å². The number of aliphatic hydroxyl groups excluding tert-OH is 1. The van der Waals surface area contributed by atoms with Gasteiger partial charge in [-0.3, -0.25) is 4.57 Å². The van der Waals surface area contributed by atoms with Crippen molar-refractivity contribution < 1.29 is 5.11 Å². The molecule has 1 aliphatic carbocycles. The Morgan fingerprint density at radius 1 is 1.21 bits per heavy atom. The number of hydrogen-bond donors (Lipinski definition) is 2. The zero-order valence-corrected chi connectivity index (χ0v) is 19.0. The van der Waals surface area contributed by atoms with Crippen LogP contribution in [0.1, 0.15) is 30.7 Å². The first-order chi connectivity index (χ1) is 16.5. The normalized spacial score (nSPS) is 21.8. The number of aromatic nitrogens is 5. The number of hydrogen-bond acceptors (Lipinski definition) is 8. The van der Waals surface area contributed by atoms with Crippen LogP contribution in [0.5, 0.6) is 0 Å². The Labute approximate surface area is 196 Å². The lowest BCUT2D eigenvalue weighted by Gasteiger charge is -2.24. The predicted octanol–water partition coefficient (Wildman–Crippen LogP) is 3.67. The summed E-state index contributed by atoms with van der Waals surface area (Å²) in [6.45, 7) is 5.10. The molecule has 2 fully saturated rings. The molecule has 1 saturated carbocycles. The average molecular weight is 453 g/mol. The van der Waals surface area contributed by atoms with Gasteiger partial charge in [-0.15, -0.1) is 5.10 Å². The third kappa shape index (κ3) is 3.35. The van der Waals surface area contributed by atoms with E-state index in [1.165, 1.54) is 0 Å². The number of benzene rings is 1. The smallest absolute Gasteiger partial charge is 0.153 e. The van der Waals surface area contributed by atoms with Crippen molar-refractivity contribution in [3.8, 4) is 11.9 Å². The van der Waals surface area contributed by atoms with Gasteiger partial charge in [-0.05, 0) is 68.7 Å². The maximum atomic E-state index is 10.4. The summed E-state index contributed by atoms with van der Waals surface area (Å²) in [5, 5.41) is 31.4. The van der Waals surface area contributed by atoms with Crippen LogP contribution in [0.3, 0.4) is 0 Å². The number of nitriles is 1. The number of nitrogens with zero attached hydrogens (tertiary/aromatic N) is 7. The van der Waals surface area contributed by atoms with E-state index in [1.807, 2.05) is 54.0 Å². The number of fused-ring (bicyclic) bond motifs is 2. The molecule has 1 saturated heterocycles. The second-order valence-corrected chi connectivity index (χ2v) is 9.31. The summed E-state index contributed by atoms with van der Waals surface area (Å²) >= 11 is 0. The lowest BCUT2D eigenvalue weighted by Crippen LogP contribution is -2.27. The number of aliphatic hydroxyl groups is 1. The Hall–Kier alpha value is -4.03. The molecule has 6 rings (SSSR count). The molecule has 0 radical (unpaired) electrons. The van der Waals surface area contributed by atoms with E-state index in [0.717, 1.165) is 52.6 Å². The quantitative estimate of drug-likeness (QED) is 0.471. The first-order valence-corrected chi connectivity index (χ1v) is 11.4. The van der Waals surface area contributed by atoms with E-state index in [9.17, 15) is 10.4 Å². The fourth-order valence-corrected chi connectivity index (χ4v) is 4.87. The van der Waals surface area contributed by atoms with Gasteiger partial charge < -0.3 is 15.3 Å². The van der Waals surface area contributed by atoms with Crippen molar-refractivity contribution in [3.05, 3.63) is 60.0 Å². The molecule has 0 amide bonds. The highest BCUT2D eigenvalue weighted by molar-refractivity contribution is 5.82. The van der Waals surface area contributed by atoms with E-state index < -0.39 is 6.10 Å². The van der Waals surface area contributed by atoms with Gasteiger partial charge in [-0.1, -0.05) is 0 Å². The van der Waals surface area contributed by atoms with Crippen molar-refractivity contribution in [3.63, 3.8) is 0 Å². The summed E-state index contributed by atoms with van der Waals surface area (Å²) in [5.74, 6) is 2.53. The van der Waals surface area contributed by atoms with Gasteiger partial charge in [-0.25, -0.2) is 9.97 Å². The van der Waals surface area contributed by atoms with Gasteiger partial charge in [0.05, 0.1) is 34.3 Å². The number of rotatable bonds is 5. The van der Waals surface area contributed by atoms with Crippen LogP contribution in [-0.2, 0) is 0 Å². The summed E-state index contributed by atoms with van der Waals surface area (Å²) in [4.78, 5) is 11.7. The number of aryl methyl sites for hydroxylation is 1. The van der Waals surface area contributed by atoms with Crippen LogP contribution in [0.4, 0.5) is 17.3 Å². The fourth-order valence-electron chi connectivity index (χ4n) is 4.87. The monoisotopic (exact) mass is 452 g/mol. The Bertz CT molecular complexity index is 1440. The topological polar surface area (TPSA) is 116 Å². The highest BCUT2D eigenvalue weighted by atomic mass is 16.3. The first kappa shape index (κ1) is 20.6. The highest BCUT2D eigenvalue weighted by Gasteiger charge is 2.61. The minimum absolute atomic E-state index is 0.249. The number of piperidine rings is 1. The van der Waals surface area contributed by atoms with Crippen LogP contribution in [0.25, 0.3) is 16.9 Å². The molecule has 170 valence electrons. The largest absolute Gasteiger partial charge is 0.389 e. The maximum absolute atomic E-state index is 10.4. The standard InChI is InChI=1S/C25H24N8O/c1-15-3-7-22(31-30-15)28-18-4-6-21-20(9-18)27-14-33(21)23-8-5-19(16(2)34)24(29-23)32-11-17-10-25(17,12-26)13-32/h3-9,14,16-17,34H,10-11,13H2,1-2H3,(H,28,31). The number of imidazole rings is 1. The van der Waals surface area contributed by atoms with Gasteiger partial charge in [0.1, 0.15) is 18.0 Å². The lowest BCUT2D eigenvalue weighted by atomic mass is 10.1. The molecule has 1 aliphatic heterocycles. The molecular formula is C25H24N8O. The van der Waals surface area contributed by atoms with E-state index in [4.69, 9.17) is 4.98 Å². The molecule has 9 heteroatoms. The Kier molecular flexibility index (Phi) is 4.54. The van der Waals surface area contributed by atoms with Crippen LogP contribution in [0, 0.1) is 29.6 Å². The number of nitrogens with one attached hydrogen (secondary N) is 1. The summed E-state index contributed by atoms with van der Waals surface area (Å²) in [5.41, 5.74) is 3.99. The van der Waals surface area contributed by atoms with Crippen LogP contribution < -0.4 is 10.2 Å². The maximum Gasteiger partial charge on any atom is 0.153 e. The van der Waals surface area contributed by atoms with Crippen molar-refractivity contribution in [1.82, 2.24) is 24.7 Å². The van der Waals surface area contributed by atoms with Crippen LogP contribution in [0.2, 0.25) is 0 Å². The Morgan fingerprint density at radius 3 is 2.82 bits per heavy atom. The van der Waals surface area contributed by atoms with Crippen molar-refractivity contribution >= 4 is 28.4 Å². The average Bonchev–Trinajstić information content (AvgIpc) is 3.18. The summed E-state index contributed by atoms with van der Waals surface area (Å²) in [6, 6.07) is 16.0. The second-order valence-electron chi connectivity index (χ2n) is 9.31. The molecule has 3 unspecified atom stereocenters. The number of pyridine rings is 1. The molecule has 34 heavy (non-hydrogen) atoms. The molecule has 3 aromatic heterocycles. The van der Waals surface area contributed by atoms with Crippen molar-refractivity contribution in [1.29, 1.82) is 5.26 Å². The minimum atomic E-state index is -0.649. The van der Waals surface area contributed by atoms with Crippen LogP contribution in [0.15, 0.2) is 48.8 Å². The predicted molar refractivity (Wildman–Crippen MR) is 128 cm³/mol. The van der Waals surface area contributed by atoms with Gasteiger partial charge in [0.2, 0.25) is 0 Å². The first-order valence-electron chi connectivity index (χ1n) is 11.4. The summed E-state index contributed by atoms with van der Waals surface area (Å²) in [7, 11) is 0. The molecule has 1 aromatic carbocycles. The van der Waals surface area contributed by atoms with E-state index in [0.29, 0.717) is 18.3 Å². The van der Waals surface area contributed by atoms with Crippen LogP contribution >= 0.6 is 0 Å². The number of anilines is 3. The zero-order chi connectivity index (χ0) is 23.4. The third-order valence-electron chi connectivity index (χ3n) is 6.87. The van der Waals surface area contributed by atoms with Gasteiger partial charge >= 0.3 is 0 Å². The molecule has 4 heterocycles. The molecule has 0 bridgehead atoms. The fraction of sp³-hybridized carbons (Fsp3) is 0.320. The molecule has 9 nitrogen and oxygen atoms in total. The van der Waals surface area contributed by atoms with Crippen LogP contribution in [-0.4, -0.2) is 42.9 Å². The SMILES string of the molecule is Cc1ccc(Nc2ccc3c(c2)ncn3-c2ccc(C(C)O)c(N3CC4CC4(C#N)C3)n2)nn1. The van der Waals surface area contributed by atoms with E-state index >= 15 is 0 Å². The molecule has 2 N–H and O–H groups in total. The summed E-state index contributed by atoms with van der Waals surface area (Å²) in [6.07, 6.45) is 2.07. The van der Waals surface area contributed by atoms with Crippen molar-refractivity contribution in [2.24, 2.45) is 11.3 Å². The van der Waals surface area contributed by atoms with E-state index in [-0.39, 0.29) is 5.41 Å². The highest BCUT2D eigenvalue weighted by Crippen LogP contribution is 2.58. The van der Waals surface area contributed by atoms with Gasteiger partial charge in [-0.2, -0.15) is 10.4 Å². The minimum Gasteiger partial charge on any atom is -0.389 e. The Balaban J connectivity index is 1.33. The lowest BCUT2D eigenvalue weighted by molar-refractivity contribution is 0.199. The molecular weight excluding hydrogens is 428 g/mol. The zero-order valence-electron chi connectivity index (χ0n) is 19.0. The third-order valence-corrected chi connectivity index (χ3v) is 6.87. The molecule has 2 aliphatic rings. The molecule has 4 aromatic rings. The van der Waals surface area contributed by atoms with E-state index in [2.05, 4.69) is 31.5 Å².